The maximum atomic E-state index is 12.8. The second-order valence-corrected chi connectivity index (χ2v) is 7.01. The Kier molecular flexibility index (Phi) is 5.69. The number of carbonyl (C=O) groups is 1. The molecule has 1 aliphatic carbocycles. The summed E-state index contributed by atoms with van der Waals surface area (Å²) in [6.45, 7) is 3.27. The fourth-order valence-corrected chi connectivity index (χ4v) is 3.98. The van der Waals surface area contributed by atoms with Crippen molar-refractivity contribution in [1.82, 2.24) is 10.2 Å². The lowest BCUT2D eigenvalue weighted by Crippen LogP contribution is -2.47. The second kappa shape index (κ2) is 7.95. The van der Waals surface area contributed by atoms with E-state index in [1.54, 1.807) is 6.92 Å². The molecule has 2 unspecified atom stereocenters. The smallest absolute Gasteiger partial charge is 0.237 e. The Labute approximate surface area is 144 Å². The molecule has 2 aliphatic rings. The summed E-state index contributed by atoms with van der Waals surface area (Å²) in [5, 5.41) is 12.4. The normalized spacial score (nSPS) is 24.5. The van der Waals surface area contributed by atoms with Gasteiger partial charge >= 0.3 is 0 Å². The van der Waals surface area contributed by atoms with Crippen molar-refractivity contribution in [2.45, 2.75) is 44.8 Å². The molecule has 24 heavy (non-hydrogen) atoms. The van der Waals surface area contributed by atoms with Gasteiger partial charge in [0, 0.05) is 13.1 Å². The van der Waals surface area contributed by atoms with E-state index in [4.69, 9.17) is 0 Å². The highest BCUT2D eigenvalue weighted by molar-refractivity contribution is 5.79. The van der Waals surface area contributed by atoms with E-state index >= 15 is 0 Å². The first-order chi connectivity index (χ1) is 11.7. The molecule has 0 spiro atoms. The van der Waals surface area contributed by atoms with Gasteiger partial charge in [-0.05, 0) is 49.7 Å². The fourth-order valence-electron chi connectivity index (χ4n) is 3.98. The number of amides is 1. The van der Waals surface area contributed by atoms with E-state index in [1.165, 1.54) is 11.1 Å². The van der Waals surface area contributed by atoms with E-state index in [2.05, 4.69) is 46.6 Å². The third kappa shape index (κ3) is 3.87. The highest BCUT2D eigenvalue weighted by Gasteiger charge is 2.35. The largest absolute Gasteiger partial charge is 0.392 e. The molecule has 130 valence electrons. The summed E-state index contributed by atoms with van der Waals surface area (Å²) < 4.78 is 0. The van der Waals surface area contributed by atoms with E-state index in [1.807, 2.05) is 0 Å². The van der Waals surface area contributed by atoms with Crippen LogP contribution in [0, 0.1) is 5.92 Å². The predicted molar refractivity (Wildman–Crippen MR) is 95.6 cm³/mol. The molecule has 0 saturated carbocycles. The van der Waals surface area contributed by atoms with Crippen LogP contribution in [0.5, 0.6) is 0 Å². The zero-order chi connectivity index (χ0) is 16.9. The molecule has 0 aromatic heterocycles. The first-order valence-corrected chi connectivity index (χ1v) is 9.08. The molecule has 3 rings (SSSR count). The zero-order valence-electron chi connectivity index (χ0n) is 14.4. The minimum atomic E-state index is -0.431. The Morgan fingerprint density at radius 3 is 2.96 bits per heavy atom. The number of aliphatic hydroxyl groups is 1. The van der Waals surface area contributed by atoms with Crippen LogP contribution in [0.1, 0.15) is 43.4 Å². The van der Waals surface area contributed by atoms with Gasteiger partial charge in [-0.1, -0.05) is 36.4 Å². The summed E-state index contributed by atoms with van der Waals surface area (Å²) in [6.07, 6.45) is 8.30. The van der Waals surface area contributed by atoms with Crippen LogP contribution in [0.15, 0.2) is 36.4 Å². The van der Waals surface area contributed by atoms with E-state index in [0.717, 1.165) is 32.2 Å². The van der Waals surface area contributed by atoms with Gasteiger partial charge < -0.3 is 15.3 Å². The average Bonchev–Trinajstić information content (AvgIpc) is 2.61. The lowest BCUT2D eigenvalue weighted by atomic mass is 9.79. The molecule has 4 nitrogen and oxygen atoms in total. The molecule has 0 fully saturated rings. The van der Waals surface area contributed by atoms with Gasteiger partial charge in [0.05, 0.1) is 18.7 Å². The Morgan fingerprint density at radius 1 is 1.38 bits per heavy atom. The molecule has 3 atom stereocenters. The standard InChI is InChI=1S/C20H28N2O2/c1-15(23)13-21-14-19(24)22-12-11-16-7-5-6-10-18(16)20(22)17-8-3-2-4-9-17/h2-3,5-7,10,15,17,20-21,23H,4,8-9,11-14H2,1H3/t15-,17?,20?/m1/s1. The second-order valence-electron chi connectivity index (χ2n) is 7.01. The van der Waals surface area contributed by atoms with Crippen molar-refractivity contribution in [3.05, 3.63) is 47.5 Å². The molecule has 1 heterocycles. The van der Waals surface area contributed by atoms with Crippen LogP contribution in [-0.2, 0) is 11.2 Å². The Hall–Kier alpha value is -1.65. The Morgan fingerprint density at radius 2 is 2.21 bits per heavy atom. The molecular formula is C20H28N2O2. The number of rotatable bonds is 5. The average molecular weight is 328 g/mol. The summed E-state index contributed by atoms with van der Waals surface area (Å²) in [7, 11) is 0. The summed E-state index contributed by atoms with van der Waals surface area (Å²) in [5.74, 6) is 0.641. The number of benzene rings is 1. The first-order valence-electron chi connectivity index (χ1n) is 9.08. The van der Waals surface area contributed by atoms with E-state index < -0.39 is 6.10 Å². The van der Waals surface area contributed by atoms with Crippen molar-refractivity contribution in [3.63, 3.8) is 0 Å². The van der Waals surface area contributed by atoms with Crippen LogP contribution < -0.4 is 5.32 Å². The summed E-state index contributed by atoms with van der Waals surface area (Å²) in [5.41, 5.74) is 2.71. The topological polar surface area (TPSA) is 52.6 Å². The number of fused-ring (bicyclic) bond motifs is 1. The van der Waals surface area contributed by atoms with Gasteiger partial charge in [0.25, 0.3) is 0 Å². The first kappa shape index (κ1) is 17.2. The number of hydrogen-bond donors (Lipinski definition) is 2. The number of nitrogens with one attached hydrogen (secondary N) is 1. The monoisotopic (exact) mass is 328 g/mol. The predicted octanol–water partition coefficient (Wildman–Crippen LogP) is 2.44. The van der Waals surface area contributed by atoms with Gasteiger partial charge in [-0.25, -0.2) is 0 Å². The lowest BCUT2D eigenvalue weighted by molar-refractivity contribution is -0.134. The minimum absolute atomic E-state index is 0.143. The molecule has 0 radical (unpaired) electrons. The van der Waals surface area contributed by atoms with Crippen LogP contribution in [0.4, 0.5) is 0 Å². The van der Waals surface area contributed by atoms with Crippen molar-refractivity contribution >= 4 is 5.91 Å². The molecular weight excluding hydrogens is 300 g/mol. The molecule has 1 aliphatic heterocycles. The van der Waals surface area contributed by atoms with Crippen LogP contribution in [0.3, 0.4) is 0 Å². The molecule has 4 heteroatoms. The van der Waals surface area contributed by atoms with Crippen molar-refractivity contribution in [1.29, 1.82) is 0 Å². The summed E-state index contributed by atoms with van der Waals surface area (Å²) in [6, 6.07) is 8.76. The molecule has 0 saturated heterocycles. The van der Waals surface area contributed by atoms with E-state index in [0.29, 0.717) is 19.0 Å². The number of nitrogens with zero attached hydrogens (tertiary/aromatic N) is 1. The number of carbonyl (C=O) groups excluding carboxylic acids is 1. The number of allylic oxidation sites excluding steroid dienone is 2. The zero-order valence-corrected chi connectivity index (χ0v) is 14.4. The molecule has 1 aromatic carbocycles. The van der Waals surface area contributed by atoms with Gasteiger partial charge in [0.15, 0.2) is 0 Å². The molecule has 1 aromatic rings. The van der Waals surface area contributed by atoms with Crippen molar-refractivity contribution in [2.75, 3.05) is 19.6 Å². The number of aliphatic hydroxyl groups excluding tert-OH is 1. The van der Waals surface area contributed by atoms with Crippen LogP contribution in [0.25, 0.3) is 0 Å². The van der Waals surface area contributed by atoms with Crippen LogP contribution >= 0.6 is 0 Å². The summed E-state index contributed by atoms with van der Waals surface area (Å²) >= 11 is 0. The van der Waals surface area contributed by atoms with Crippen LogP contribution in [0.2, 0.25) is 0 Å². The van der Waals surface area contributed by atoms with Gasteiger partial charge in [-0.3, -0.25) is 4.79 Å². The Bertz CT molecular complexity index is 597. The highest BCUT2D eigenvalue weighted by Crippen LogP contribution is 2.40. The quantitative estimate of drug-likeness (QED) is 0.816. The molecule has 1 amide bonds. The van der Waals surface area contributed by atoms with Gasteiger partial charge in [0.1, 0.15) is 0 Å². The maximum Gasteiger partial charge on any atom is 0.237 e. The van der Waals surface area contributed by atoms with Gasteiger partial charge in [0.2, 0.25) is 5.91 Å². The maximum absolute atomic E-state index is 12.8. The van der Waals surface area contributed by atoms with E-state index in [-0.39, 0.29) is 11.9 Å². The molecule has 2 N–H and O–H groups in total. The SMILES string of the molecule is C[C@@H](O)CNCC(=O)N1CCc2ccccc2C1C1CC=CCC1. The third-order valence-electron chi connectivity index (χ3n) is 5.12. The van der Waals surface area contributed by atoms with Crippen LogP contribution in [-0.4, -0.2) is 41.7 Å². The van der Waals surface area contributed by atoms with Crippen molar-refractivity contribution in [2.24, 2.45) is 5.92 Å². The van der Waals surface area contributed by atoms with E-state index in [9.17, 15) is 9.90 Å². The highest BCUT2D eigenvalue weighted by atomic mass is 16.3. The summed E-state index contributed by atoms with van der Waals surface area (Å²) in [4.78, 5) is 14.9. The van der Waals surface area contributed by atoms with Crippen molar-refractivity contribution < 1.29 is 9.90 Å². The Balaban J connectivity index is 1.79. The lowest BCUT2D eigenvalue weighted by Gasteiger charge is -2.42. The van der Waals surface area contributed by atoms with Gasteiger partial charge in [-0.15, -0.1) is 0 Å². The molecule has 0 bridgehead atoms. The van der Waals surface area contributed by atoms with Crippen molar-refractivity contribution in [3.8, 4) is 0 Å². The fraction of sp³-hybridized carbons (Fsp3) is 0.550. The third-order valence-corrected chi connectivity index (χ3v) is 5.12. The minimum Gasteiger partial charge on any atom is -0.392 e. The number of hydrogen-bond acceptors (Lipinski definition) is 3. The van der Waals surface area contributed by atoms with Gasteiger partial charge in [-0.2, -0.15) is 0 Å².